The second kappa shape index (κ2) is 38.3. The molecule has 0 N–H and O–H groups in total. The van der Waals surface area contributed by atoms with Crippen molar-refractivity contribution < 1.29 is 33.2 Å². The normalized spacial score (nSPS) is 13.8. The van der Waals surface area contributed by atoms with Crippen LogP contribution in [0.4, 0.5) is 0 Å². The van der Waals surface area contributed by atoms with E-state index in [2.05, 4.69) is 27.7 Å². The zero-order valence-corrected chi connectivity index (χ0v) is 35.2. The highest BCUT2D eigenvalue weighted by molar-refractivity contribution is 5.09. The smallest absolute Gasteiger partial charge is 0.223 e. The Kier molecular flexibility index (Phi) is 37.2. The van der Waals surface area contributed by atoms with Crippen LogP contribution in [0.1, 0.15) is 209 Å². The second-order valence-corrected chi connectivity index (χ2v) is 13.7. The lowest BCUT2D eigenvalue weighted by Gasteiger charge is -2.30. The van der Waals surface area contributed by atoms with Crippen LogP contribution in [0.2, 0.25) is 0 Å². The molecule has 0 spiro atoms. The van der Waals surface area contributed by atoms with Crippen LogP contribution in [0.25, 0.3) is 0 Å². The number of unbranched alkanes of at least 4 members (excludes halogenated alkanes) is 18. The zero-order chi connectivity index (χ0) is 37.6. The fourth-order valence-electron chi connectivity index (χ4n) is 6.14. The highest BCUT2D eigenvalue weighted by Crippen LogP contribution is 2.28. The molecule has 0 rings (SSSR count). The monoisotopic (exact) mass is 727 g/mol. The molecule has 7 heteroatoms. The lowest BCUT2D eigenvalue weighted by Crippen LogP contribution is -2.34. The Labute approximate surface area is 317 Å². The molecule has 0 aliphatic rings. The van der Waals surface area contributed by atoms with Gasteiger partial charge in [-0.15, -0.1) is 0 Å². The maximum Gasteiger partial charge on any atom is 0.223 e. The van der Waals surface area contributed by atoms with E-state index in [0.29, 0.717) is 51.2 Å². The van der Waals surface area contributed by atoms with Gasteiger partial charge in [-0.1, -0.05) is 143 Å². The largest absolute Gasteiger partial charge is 0.495 e. The summed E-state index contributed by atoms with van der Waals surface area (Å²) < 4.78 is 45.5. The molecule has 2 atom stereocenters. The maximum absolute atomic E-state index is 6.92. The van der Waals surface area contributed by atoms with Crippen molar-refractivity contribution in [3.63, 3.8) is 0 Å². The first kappa shape index (κ1) is 49.6. The van der Waals surface area contributed by atoms with E-state index in [0.717, 1.165) is 88.6 Å². The van der Waals surface area contributed by atoms with Crippen molar-refractivity contribution in [1.82, 2.24) is 0 Å². The quantitative estimate of drug-likeness (QED) is 0.0354. The van der Waals surface area contributed by atoms with E-state index in [-0.39, 0.29) is 0 Å². The van der Waals surface area contributed by atoms with E-state index >= 15 is 0 Å². The Hall–Kier alpha value is -1.44. The van der Waals surface area contributed by atoms with Crippen LogP contribution in [0.15, 0.2) is 23.0 Å². The molecule has 0 aromatic heterocycles. The van der Waals surface area contributed by atoms with Crippen molar-refractivity contribution in [3.05, 3.63) is 23.0 Å². The van der Waals surface area contributed by atoms with Crippen LogP contribution in [-0.2, 0) is 33.2 Å². The number of rotatable bonds is 40. The van der Waals surface area contributed by atoms with Gasteiger partial charge in [0.05, 0.1) is 39.6 Å². The lowest BCUT2D eigenvalue weighted by molar-refractivity contribution is -0.242. The molecule has 2 unspecified atom stereocenters. The minimum atomic E-state index is -0.796. The molecular formula is C44H86O7. The first-order chi connectivity index (χ1) is 25.1. The molecule has 51 heavy (non-hydrogen) atoms. The molecule has 0 bridgehead atoms. The molecule has 304 valence electrons. The number of hydrogen-bond donors (Lipinski definition) is 0. The predicted molar refractivity (Wildman–Crippen MR) is 215 cm³/mol. The molecule has 0 saturated heterocycles. The van der Waals surface area contributed by atoms with E-state index in [4.69, 9.17) is 33.2 Å². The Morgan fingerprint density at radius 2 is 0.627 bits per heavy atom. The highest BCUT2D eigenvalue weighted by atomic mass is 16.8. The summed E-state index contributed by atoms with van der Waals surface area (Å²) in [4.78, 5) is 0. The van der Waals surface area contributed by atoms with E-state index < -0.39 is 12.6 Å². The average molecular weight is 727 g/mol. The first-order valence-corrected chi connectivity index (χ1v) is 21.9. The molecule has 0 aliphatic heterocycles. The molecule has 0 aliphatic carbocycles. The Balaban J connectivity index is 6.43. The van der Waals surface area contributed by atoms with Gasteiger partial charge in [0, 0.05) is 12.8 Å². The van der Waals surface area contributed by atoms with E-state index in [9.17, 15) is 0 Å². The van der Waals surface area contributed by atoms with E-state index in [1.165, 1.54) is 77.0 Å². The van der Waals surface area contributed by atoms with Crippen molar-refractivity contribution in [2.75, 3.05) is 39.6 Å². The summed E-state index contributed by atoms with van der Waals surface area (Å²) in [6, 6.07) is 0. The first-order valence-electron chi connectivity index (χ1n) is 21.9. The third-order valence-electron chi connectivity index (χ3n) is 9.01. The summed E-state index contributed by atoms with van der Waals surface area (Å²) >= 11 is 0. The minimum Gasteiger partial charge on any atom is -0.495 e. The van der Waals surface area contributed by atoms with Crippen LogP contribution < -0.4 is 0 Å². The lowest BCUT2D eigenvalue weighted by atomic mass is 10.1. The molecule has 0 aromatic carbocycles. The second-order valence-electron chi connectivity index (χ2n) is 13.7. The van der Waals surface area contributed by atoms with Gasteiger partial charge in [0.1, 0.15) is 11.5 Å². The summed E-state index contributed by atoms with van der Waals surface area (Å²) in [5, 5.41) is 0. The summed E-state index contributed by atoms with van der Waals surface area (Å²) in [6.07, 6.45) is 26.2. The number of hydrogen-bond acceptors (Lipinski definition) is 7. The molecule has 0 fully saturated rings. The van der Waals surface area contributed by atoms with Gasteiger partial charge in [-0.3, -0.25) is 0 Å². The van der Waals surface area contributed by atoms with Crippen LogP contribution >= 0.6 is 0 Å². The van der Waals surface area contributed by atoms with Crippen molar-refractivity contribution >= 4 is 0 Å². The number of allylic oxidation sites excluding steroid dienone is 2. The molecule has 0 saturated carbocycles. The molecule has 0 radical (unpaired) electrons. The number of ether oxygens (including phenoxy) is 7. The van der Waals surface area contributed by atoms with Gasteiger partial charge in [-0.25, -0.2) is 0 Å². The summed E-state index contributed by atoms with van der Waals surface area (Å²) in [5.41, 5.74) is 0. The zero-order valence-electron chi connectivity index (χ0n) is 35.2. The van der Waals surface area contributed by atoms with Gasteiger partial charge < -0.3 is 33.2 Å². The maximum atomic E-state index is 6.92. The summed E-state index contributed by atoms with van der Waals surface area (Å²) in [7, 11) is 0. The van der Waals surface area contributed by atoms with Gasteiger partial charge in [0.2, 0.25) is 12.6 Å². The SMILES string of the molecule is CCCCCCCCCCOC(OC(OCCCCCCCCCC)C(OCC)=C(CCCCC)OCC)C(OCC)=C(CCCCC)OCC. The van der Waals surface area contributed by atoms with Gasteiger partial charge in [-0.05, 0) is 53.4 Å². The third-order valence-corrected chi connectivity index (χ3v) is 9.01. The Morgan fingerprint density at radius 3 is 0.941 bits per heavy atom. The van der Waals surface area contributed by atoms with E-state index in [1.807, 2.05) is 27.7 Å². The summed E-state index contributed by atoms with van der Waals surface area (Å²) in [5.74, 6) is 2.86. The standard InChI is InChI=1S/C44H86O7/c1-9-17-21-23-25-27-29-33-37-49-43(41(47-15-7)39(45-13-5)35-31-19-11-3)51-44(50-38-34-30-28-26-24-22-18-10-2)42(48-16-8)40(46-14-6)36-32-20-12-4/h43-44H,9-38H2,1-8H3. The minimum absolute atomic E-state index is 0.486. The van der Waals surface area contributed by atoms with Crippen LogP contribution in [0.5, 0.6) is 0 Å². The summed E-state index contributed by atoms with van der Waals surface area (Å²) in [6.45, 7) is 20.3. The van der Waals surface area contributed by atoms with Gasteiger partial charge >= 0.3 is 0 Å². The highest BCUT2D eigenvalue weighted by Gasteiger charge is 2.32. The van der Waals surface area contributed by atoms with Crippen LogP contribution in [0.3, 0.4) is 0 Å². The average Bonchev–Trinajstić information content (AvgIpc) is 3.13. The fraction of sp³-hybridized carbons (Fsp3) is 0.909. The molecule has 7 nitrogen and oxygen atoms in total. The van der Waals surface area contributed by atoms with Crippen molar-refractivity contribution in [1.29, 1.82) is 0 Å². The van der Waals surface area contributed by atoms with Gasteiger partial charge in [0.25, 0.3) is 0 Å². The topological polar surface area (TPSA) is 64.6 Å². The van der Waals surface area contributed by atoms with E-state index in [1.54, 1.807) is 0 Å². The fourth-order valence-corrected chi connectivity index (χ4v) is 6.14. The Morgan fingerprint density at radius 1 is 0.333 bits per heavy atom. The predicted octanol–water partition coefficient (Wildman–Crippen LogP) is 13.7. The molecule has 0 heterocycles. The molecule has 0 aromatic rings. The third kappa shape index (κ3) is 26.9. The Bertz CT molecular complexity index is 732. The van der Waals surface area contributed by atoms with Crippen LogP contribution in [0, 0.1) is 0 Å². The van der Waals surface area contributed by atoms with Gasteiger partial charge in [-0.2, -0.15) is 0 Å². The van der Waals surface area contributed by atoms with Crippen molar-refractivity contribution in [2.24, 2.45) is 0 Å². The van der Waals surface area contributed by atoms with Crippen molar-refractivity contribution in [3.8, 4) is 0 Å². The molecular weight excluding hydrogens is 640 g/mol. The molecule has 0 amide bonds. The van der Waals surface area contributed by atoms with Crippen LogP contribution in [-0.4, -0.2) is 52.2 Å². The van der Waals surface area contributed by atoms with Gasteiger partial charge in [0.15, 0.2) is 11.5 Å². The van der Waals surface area contributed by atoms with Crippen molar-refractivity contribution in [2.45, 2.75) is 222 Å².